The lowest BCUT2D eigenvalue weighted by molar-refractivity contribution is -0.130. The van der Waals surface area contributed by atoms with Crippen LogP contribution in [0.5, 0.6) is 0 Å². The van der Waals surface area contributed by atoms with Gasteiger partial charge in [0, 0.05) is 12.5 Å². The fraction of sp³-hybridized carbons (Fsp3) is 0.909. The number of nitrogens with one attached hydrogen (secondary N) is 1. The molecule has 3 heteroatoms. The van der Waals surface area contributed by atoms with E-state index in [1.54, 1.807) is 0 Å². The lowest BCUT2D eigenvalue weighted by atomic mass is 9.74. The van der Waals surface area contributed by atoms with E-state index in [1.165, 1.54) is 0 Å². The van der Waals surface area contributed by atoms with Crippen molar-refractivity contribution in [2.24, 2.45) is 17.3 Å². The number of hydrogen-bond acceptors (Lipinski definition) is 2. The lowest BCUT2D eigenvalue weighted by Gasteiger charge is -2.32. The quantitative estimate of drug-likeness (QED) is 0.722. The fourth-order valence-electron chi connectivity index (χ4n) is 1.99. The summed E-state index contributed by atoms with van der Waals surface area (Å²) in [6, 6.07) is 0. The van der Waals surface area contributed by atoms with Crippen molar-refractivity contribution in [3.8, 4) is 0 Å². The Morgan fingerprint density at radius 2 is 1.86 bits per heavy atom. The molecule has 0 heterocycles. The van der Waals surface area contributed by atoms with Gasteiger partial charge in [-0.05, 0) is 11.3 Å². The minimum Gasteiger partial charge on any atom is -0.395 e. The molecular weight excluding hydrogens is 178 g/mol. The molecule has 0 saturated heterocycles. The summed E-state index contributed by atoms with van der Waals surface area (Å²) in [5, 5.41) is 11.4. The highest BCUT2D eigenvalue weighted by Gasteiger charge is 2.33. The van der Waals surface area contributed by atoms with Gasteiger partial charge in [0.1, 0.15) is 0 Å². The molecule has 1 atom stereocenters. The van der Waals surface area contributed by atoms with Crippen LogP contribution in [-0.2, 0) is 4.79 Å². The molecule has 0 rings (SSSR count). The Morgan fingerprint density at radius 3 is 2.14 bits per heavy atom. The second kappa shape index (κ2) is 5.35. The number of hydrogen-bond donors (Lipinski definition) is 2. The molecule has 0 aromatic rings. The molecule has 84 valence electrons. The zero-order valence-electron chi connectivity index (χ0n) is 9.92. The molecule has 3 nitrogen and oxygen atoms in total. The lowest BCUT2D eigenvalue weighted by Crippen LogP contribution is -2.41. The maximum atomic E-state index is 11.8. The summed E-state index contributed by atoms with van der Waals surface area (Å²) in [6.07, 6.45) is 0. The Morgan fingerprint density at radius 1 is 1.36 bits per heavy atom. The van der Waals surface area contributed by atoms with Gasteiger partial charge in [-0.15, -0.1) is 0 Å². The van der Waals surface area contributed by atoms with Gasteiger partial charge in [-0.2, -0.15) is 0 Å². The standard InChI is InChI=1S/C11H23NO2/c1-8(2)9(11(3,4)5)10(14)12-6-7-13/h8-9,13H,6-7H2,1-5H3,(H,12,14)/t9-/m1/s1. The first-order chi connectivity index (χ1) is 6.30. The van der Waals surface area contributed by atoms with E-state index in [9.17, 15) is 4.79 Å². The number of aliphatic hydroxyl groups excluding tert-OH is 1. The molecule has 0 bridgehead atoms. The summed E-state index contributed by atoms with van der Waals surface area (Å²) >= 11 is 0. The monoisotopic (exact) mass is 201 g/mol. The van der Waals surface area contributed by atoms with Crippen LogP contribution in [0.15, 0.2) is 0 Å². The van der Waals surface area contributed by atoms with Gasteiger partial charge in [0.15, 0.2) is 0 Å². The van der Waals surface area contributed by atoms with Crippen molar-refractivity contribution in [3.05, 3.63) is 0 Å². The van der Waals surface area contributed by atoms with Crippen molar-refractivity contribution < 1.29 is 9.90 Å². The Balaban J connectivity index is 4.43. The van der Waals surface area contributed by atoms with Crippen LogP contribution in [0.4, 0.5) is 0 Å². The largest absolute Gasteiger partial charge is 0.395 e. The molecule has 2 N–H and O–H groups in total. The molecule has 0 radical (unpaired) electrons. The second-order valence-corrected chi connectivity index (χ2v) is 5.10. The van der Waals surface area contributed by atoms with E-state index >= 15 is 0 Å². The molecule has 1 amide bonds. The van der Waals surface area contributed by atoms with Crippen molar-refractivity contribution >= 4 is 5.91 Å². The zero-order valence-corrected chi connectivity index (χ0v) is 9.92. The van der Waals surface area contributed by atoms with E-state index in [0.717, 1.165) is 0 Å². The van der Waals surface area contributed by atoms with Crippen LogP contribution in [0.25, 0.3) is 0 Å². The van der Waals surface area contributed by atoms with E-state index in [2.05, 4.69) is 39.9 Å². The molecule has 0 aromatic carbocycles. The SMILES string of the molecule is CC(C)[C@H](C(=O)NCCO)C(C)(C)C. The van der Waals surface area contributed by atoms with E-state index in [4.69, 9.17) is 5.11 Å². The van der Waals surface area contributed by atoms with Crippen molar-refractivity contribution in [2.75, 3.05) is 13.2 Å². The first-order valence-electron chi connectivity index (χ1n) is 5.19. The van der Waals surface area contributed by atoms with Gasteiger partial charge < -0.3 is 10.4 Å². The van der Waals surface area contributed by atoms with Crippen LogP contribution in [0.1, 0.15) is 34.6 Å². The molecule has 0 saturated carbocycles. The van der Waals surface area contributed by atoms with Crippen LogP contribution in [-0.4, -0.2) is 24.2 Å². The van der Waals surface area contributed by atoms with Gasteiger partial charge in [-0.25, -0.2) is 0 Å². The van der Waals surface area contributed by atoms with Crippen LogP contribution in [0, 0.1) is 17.3 Å². The van der Waals surface area contributed by atoms with Gasteiger partial charge in [0.25, 0.3) is 0 Å². The molecule has 0 aliphatic carbocycles. The van der Waals surface area contributed by atoms with Gasteiger partial charge in [-0.3, -0.25) is 4.79 Å². The Hall–Kier alpha value is -0.570. The smallest absolute Gasteiger partial charge is 0.223 e. The molecule has 0 unspecified atom stereocenters. The summed E-state index contributed by atoms with van der Waals surface area (Å²) in [7, 11) is 0. The van der Waals surface area contributed by atoms with Gasteiger partial charge >= 0.3 is 0 Å². The third-order valence-electron chi connectivity index (χ3n) is 2.29. The minimum atomic E-state index is -0.0340. The molecule has 0 aliphatic heterocycles. The topological polar surface area (TPSA) is 49.3 Å². The van der Waals surface area contributed by atoms with Crippen LogP contribution < -0.4 is 5.32 Å². The highest BCUT2D eigenvalue weighted by atomic mass is 16.3. The highest BCUT2D eigenvalue weighted by molar-refractivity contribution is 5.79. The Kier molecular flexibility index (Phi) is 5.13. The van der Waals surface area contributed by atoms with Crippen molar-refractivity contribution in [2.45, 2.75) is 34.6 Å². The third kappa shape index (κ3) is 4.09. The molecule has 14 heavy (non-hydrogen) atoms. The summed E-state index contributed by atoms with van der Waals surface area (Å²) in [5.74, 6) is 0.351. The predicted octanol–water partition coefficient (Wildman–Crippen LogP) is 1.41. The first-order valence-corrected chi connectivity index (χ1v) is 5.19. The maximum Gasteiger partial charge on any atom is 0.223 e. The zero-order chi connectivity index (χ0) is 11.4. The molecule has 0 aliphatic rings. The molecular formula is C11H23NO2. The average Bonchev–Trinajstić information content (AvgIpc) is 1.97. The predicted molar refractivity (Wildman–Crippen MR) is 57.9 cm³/mol. The summed E-state index contributed by atoms with van der Waals surface area (Å²) in [5.41, 5.74) is -0.0340. The first kappa shape index (κ1) is 13.4. The fourth-order valence-corrected chi connectivity index (χ4v) is 1.99. The Bertz CT molecular complexity index is 182. The average molecular weight is 201 g/mol. The number of carbonyl (C=O) groups excluding carboxylic acids is 1. The number of rotatable bonds is 4. The van der Waals surface area contributed by atoms with Crippen LogP contribution >= 0.6 is 0 Å². The van der Waals surface area contributed by atoms with E-state index < -0.39 is 0 Å². The summed E-state index contributed by atoms with van der Waals surface area (Å²) < 4.78 is 0. The molecule has 0 spiro atoms. The van der Waals surface area contributed by atoms with Crippen LogP contribution in [0.3, 0.4) is 0 Å². The number of carbonyl (C=O) groups is 1. The molecule has 0 fully saturated rings. The summed E-state index contributed by atoms with van der Waals surface area (Å²) in [6.45, 7) is 10.6. The van der Waals surface area contributed by atoms with Crippen molar-refractivity contribution in [3.63, 3.8) is 0 Å². The number of aliphatic hydroxyl groups is 1. The van der Waals surface area contributed by atoms with Crippen molar-refractivity contribution in [1.29, 1.82) is 0 Å². The second-order valence-electron chi connectivity index (χ2n) is 5.10. The molecule has 0 aromatic heterocycles. The third-order valence-corrected chi connectivity index (χ3v) is 2.29. The van der Waals surface area contributed by atoms with Gasteiger partial charge in [-0.1, -0.05) is 34.6 Å². The minimum absolute atomic E-state index is 0.000693. The number of amides is 1. The van der Waals surface area contributed by atoms with Gasteiger partial charge in [0.05, 0.1) is 6.61 Å². The highest BCUT2D eigenvalue weighted by Crippen LogP contribution is 2.31. The van der Waals surface area contributed by atoms with Gasteiger partial charge in [0.2, 0.25) is 5.91 Å². The van der Waals surface area contributed by atoms with Crippen molar-refractivity contribution in [1.82, 2.24) is 5.32 Å². The Labute approximate surface area is 86.9 Å². The maximum absolute atomic E-state index is 11.8. The van der Waals surface area contributed by atoms with Crippen LogP contribution in [0.2, 0.25) is 0 Å². The van der Waals surface area contributed by atoms with E-state index in [1.807, 2.05) is 0 Å². The normalized spacial score (nSPS) is 14.2. The summed E-state index contributed by atoms with van der Waals surface area (Å²) in [4.78, 5) is 11.8. The van der Waals surface area contributed by atoms with E-state index in [-0.39, 0.29) is 23.8 Å². The van der Waals surface area contributed by atoms with E-state index in [0.29, 0.717) is 12.5 Å².